The summed E-state index contributed by atoms with van der Waals surface area (Å²) in [6.45, 7) is 1.89. The van der Waals surface area contributed by atoms with Gasteiger partial charge >= 0.3 is 0 Å². The third-order valence-corrected chi connectivity index (χ3v) is 9.12. The second-order valence-electron chi connectivity index (χ2n) is 9.72. The van der Waals surface area contributed by atoms with Gasteiger partial charge in [-0.05, 0) is 62.4 Å². The number of ether oxygens (including phenoxy) is 2. The van der Waals surface area contributed by atoms with Crippen LogP contribution in [-0.4, -0.2) is 42.3 Å². The van der Waals surface area contributed by atoms with Crippen molar-refractivity contribution >= 4 is 11.6 Å². The first-order chi connectivity index (χ1) is 12.9. The quantitative estimate of drug-likeness (QED) is 0.822. The average molecular weight is 374 g/mol. The molecule has 148 valence electrons. The molecule has 27 heavy (non-hydrogen) atoms. The van der Waals surface area contributed by atoms with Gasteiger partial charge in [0, 0.05) is 30.8 Å². The number of aliphatic hydroxyl groups excluding tert-OH is 1. The Hall–Kier alpha value is -1.04. The van der Waals surface area contributed by atoms with E-state index < -0.39 is 0 Å². The van der Waals surface area contributed by atoms with Crippen LogP contribution < -0.4 is 0 Å². The Morgan fingerprint density at radius 3 is 2.78 bits per heavy atom. The topological polar surface area (TPSA) is 72.8 Å². The Kier molecular flexibility index (Phi) is 3.83. The lowest BCUT2D eigenvalue weighted by molar-refractivity contribution is -0.209. The number of aliphatic hydroxyl groups is 1. The zero-order valence-electron chi connectivity index (χ0n) is 16.3. The lowest BCUT2D eigenvalue weighted by atomic mass is 9.45. The molecule has 1 N–H and O–H groups in total. The molecule has 4 fully saturated rings. The average Bonchev–Trinajstić information content (AvgIpc) is 3.11. The minimum Gasteiger partial charge on any atom is -0.389 e. The molecule has 5 aliphatic rings. The number of ketones is 2. The minimum absolute atomic E-state index is 0.00879. The van der Waals surface area contributed by atoms with Gasteiger partial charge in [0.05, 0.1) is 5.60 Å². The molecule has 1 saturated heterocycles. The Labute approximate surface area is 160 Å². The largest absolute Gasteiger partial charge is 0.389 e. The molecule has 1 aliphatic heterocycles. The molecule has 0 amide bonds. The summed E-state index contributed by atoms with van der Waals surface area (Å²) in [4.78, 5) is 24.6. The molecule has 3 saturated carbocycles. The fraction of sp³-hybridized carbons (Fsp3) is 0.818. The molecule has 0 unspecified atom stereocenters. The molecule has 0 aromatic rings. The zero-order chi connectivity index (χ0) is 19.0. The van der Waals surface area contributed by atoms with Crippen LogP contribution in [0.15, 0.2) is 11.6 Å². The van der Waals surface area contributed by atoms with Gasteiger partial charge in [-0.2, -0.15) is 0 Å². The van der Waals surface area contributed by atoms with E-state index in [2.05, 4.69) is 6.92 Å². The van der Waals surface area contributed by atoms with Crippen molar-refractivity contribution < 1.29 is 24.2 Å². The maximum absolute atomic E-state index is 12.5. The van der Waals surface area contributed by atoms with Crippen LogP contribution in [0.25, 0.3) is 0 Å². The molecule has 4 aliphatic carbocycles. The first-order valence-corrected chi connectivity index (χ1v) is 10.5. The standard InChI is InChI=1S/C22H30O5/c1-20-8-7-18-21-9-6-14(24)11-13(21)5-10-22(18,27-19(21)26-2)17(20)4-3-15(20)16(25)12-23/h11,15,17-19,23H,3-10,12H2,1-2H3/t15-,17-,18-,19+,20+,21-,22-/m0/s1. The van der Waals surface area contributed by atoms with Gasteiger partial charge in [-0.3, -0.25) is 9.59 Å². The van der Waals surface area contributed by atoms with E-state index in [0.29, 0.717) is 18.3 Å². The van der Waals surface area contributed by atoms with Crippen LogP contribution in [0.4, 0.5) is 0 Å². The van der Waals surface area contributed by atoms with Crippen LogP contribution in [0.2, 0.25) is 0 Å². The molecule has 5 nitrogen and oxygen atoms in total. The predicted molar refractivity (Wildman–Crippen MR) is 97.7 cm³/mol. The van der Waals surface area contributed by atoms with Gasteiger partial charge in [0.25, 0.3) is 0 Å². The summed E-state index contributed by atoms with van der Waals surface area (Å²) in [5, 5.41) is 9.48. The minimum atomic E-state index is -0.357. The third-order valence-electron chi connectivity index (χ3n) is 9.12. The van der Waals surface area contributed by atoms with E-state index in [1.807, 2.05) is 6.08 Å². The number of carbonyl (C=O) groups is 2. The number of rotatable bonds is 3. The number of hydrogen-bond donors (Lipinski definition) is 1. The second-order valence-corrected chi connectivity index (χ2v) is 9.72. The summed E-state index contributed by atoms with van der Waals surface area (Å²) < 4.78 is 12.7. The van der Waals surface area contributed by atoms with Gasteiger partial charge in [-0.15, -0.1) is 0 Å². The molecule has 0 radical (unpaired) electrons. The van der Waals surface area contributed by atoms with E-state index in [9.17, 15) is 14.7 Å². The van der Waals surface area contributed by atoms with Gasteiger partial charge in [0.1, 0.15) is 6.61 Å². The molecule has 5 heteroatoms. The van der Waals surface area contributed by atoms with Gasteiger partial charge in [0.2, 0.25) is 0 Å². The van der Waals surface area contributed by atoms with Gasteiger partial charge in [-0.1, -0.05) is 12.5 Å². The third kappa shape index (κ3) is 2.01. The summed E-state index contributed by atoms with van der Waals surface area (Å²) in [6, 6.07) is 0. The summed E-state index contributed by atoms with van der Waals surface area (Å²) in [7, 11) is 1.72. The van der Waals surface area contributed by atoms with Crippen molar-refractivity contribution in [2.45, 2.75) is 70.2 Å². The van der Waals surface area contributed by atoms with Crippen molar-refractivity contribution in [3.8, 4) is 0 Å². The van der Waals surface area contributed by atoms with Gasteiger partial charge in [-0.25, -0.2) is 0 Å². The van der Waals surface area contributed by atoms with E-state index in [1.165, 1.54) is 5.57 Å². The molecule has 1 spiro atoms. The zero-order valence-corrected chi connectivity index (χ0v) is 16.3. The number of Topliss-reactive ketones (excluding diaryl/α,β-unsaturated/α-hetero) is 1. The smallest absolute Gasteiger partial charge is 0.167 e. The molecular formula is C22H30O5. The molecule has 0 aromatic carbocycles. The Bertz CT molecular complexity index is 728. The van der Waals surface area contributed by atoms with E-state index in [-0.39, 0.29) is 46.8 Å². The van der Waals surface area contributed by atoms with Crippen LogP contribution in [-0.2, 0) is 19.1 Å². The number of carbonyl (C=O) groups excluding carboxylic acids is 2. The molecule has 0 aromatic heterocycles. The van der Waals surface area contributed by atoms with Crippen molar-refractivity contribution in [1.82, 2.24) is 0 Å². The number of hydrogen-bond acceptors (Lipinski definition) is 5. The fourth-order valence-electron chi connectivity index (χ4n) is 8.15. The van der Waals surface area contributed by atoms with Crippen LogP contribution in [0.1, 0.15) is 58.3 Å². The van der Waals surface area contributed by atoms with E-state index in [4.69, 9.17) is 9.47 Å². The normalized spacial score (nSPS) is 50.6. The maximum atomic E-state index is 12.5. The maximum Gasteiger partial charge on any atom is 0.167 e. The lowest BCUT2D eigenvalue weighted by Crippen LogP contribution is -2.59. The van der Waals surface area contributed by atoms with Crippen molar-refractivity contribution in [3.05, 3.63) is 11.6 Å². The van der Waals surface area contributed by atoms with Crippen LogP contribution >= 0.6 is 0 Å². The Morgan fingerprint density at radius 2 is 2.04 bits per heavy atom. The van der Waals surface area contributed by atoms with E-state index in [0.717, 1.165) is 44.9 Å². The monoisotopic (exact) mass is 374 g/mol. The highest BCUT2D eigenvalue weighted by atomic mass is 16.7. The Morgan fingerprint density at radius 1 is 1.22 bits per heavy atom. The van der Waals surface area contributed by atoms with Crippen LogP contribution in [0, 0.1) is 28.6 Å². The summed E-state index contributed by atoms with van der Waals surface area (Å²) >= 11 is 0. The predicted octanol–water partition coefficient (Wildman–Crippen LogP) is 2.80. The van der Waals surface area contributed by atoms with Crippen LogP contribution in [0.3, 0.4) is 0 Å². The summed E-state index contributed by atoms with van der Waals surface area (Å²) in [6.07, 6.45) is 8.63. The van der Waals surface area contributed by atoms with E-state index >= 15 is 0 Å². The van der Waals surface area contributed by atoms with E-state index in [1.54, 1.807) is 7.11 Å². The van der Waals surface area contributed by atoms with Gasteiger partial charge < -0.3 is 14.6 Å². The number of methoxy groups -OCH3 is 1. The molecule has 1 heterocycles. The SMILES string of the molecule is CO[C@@H]1O[C@]23CCC4=CC(=O)CC[C@@]41[C@@H]2CC[C@]1(C)[C@H](C(=O)CO)CC[C@@H]13. The molecule has 7 atom stereocenters. The first kappa shape index (κ1) is 18.0. The highest BCUT2D eigenvalue weighted by molar-refractivity contribution is 5.92. The Balaban J connectivity index is 1.60. The summed E-state index contributed by atoms with van der Waals surface area (Å²) in [5.74, 6) is 0.851. The summed E-state index contributed by atoms with van der Waals surface area (Å²) in [5.41, 5.74) is 0.719. The lowest BCUT2D eigenvalue weighted by Gasteiger charge is -2.58. The van der Waals surface area contributed by atoms with Crippen molar-refractivity contribution in [1.29, 1.82) is 0 Å². The van der Waals surface area contributed by atoms with Gasteiger partial charge in [0.15, 0.2) is 17.9 Å². The molecular weight excluding hydrogens is 344 g/mol. The first-order valence-electron chi connectivity index (χ1n) is 10.5. The molecule has 2 bridgehead atoms. The molecule has 5 rings (SSSR count). The second kappa shape index (κ2) is 5.74. The van der Waals surface area contributed by atoms with Crippen molar-refractivity contribution in [3.63, 3.8) is 0 Å². The van der Waals surface area contributed by atoms with Crippen LogP contribution in [0.5, 0.6) is 0 Å². The van der Waals surface area contributed by atoms with Crippen molar-refractivity contribution in [2.75, 3.05) is 13.7 Å². The number of fused-ring (bicyclic) bond motifs is 1. The fourth-order valence-corrected chi connectivity index (χ4v) is 8.15. The van der Waals surface area contributed by atoms with Crippen molar-refractivity contribution in [2.24, 2.45) is 28.6 Å². The highest BCUT2D eigenvalue weighted by Crippen LogP contribution is 2.74. The highest BCUT2D eigenvalue weighted by Gasteiger charge is 2.74.